The average Bonchev–Trinajstić information content (AvgIpc) is 3.71. The smallest absolute Gasteiger partial charge is 0.406 e. The Hall–Kier alpha value is -4.46. The summed E-state index contributed by atoms with van der Waals surface area (Å²) in [7, 11) is 0. The zero-order chi connectivity index (χ0) is 29.5. The third-order valence-electron chi connectivity index (χ3n) is 6.23. The summed E-state index contributed by atoms with van der Waals surface area (Å²) in [6.45, 7) is 0. The first kappa shape index (κ1) is 29.0. The molecule has 0 aliphatic heterocycles. The standard InChI is InChI=1S/C28H26F3N7O3S/c29-28(30,31)41-21-8-5-6-18(16-21)17-24(39)33-22-14-13-20(34-35-22)7-1-2-10-25-36-37-27(42-25)38(26(40)19-11-12-19)23-9-3-4-15-32-23/h3-6,8-9,13-16,19H,1-2,7,10-12,17H2,(H,33,35,39). The highest BCUT2D eigenvalue weighted by atomic mass is 32.1. The first-order valence-electron chi connectivity index (χ1n) is 13.3. The SMILES string of the molecule is O=C(Cc1cccc(OC(F)(F)F)c1)Nc1ccc(CCCCc2nnc(N(C(=O)C3CC3)c3ccccn3)s2)nn1. The number of hydrogen-bond donors (Lipinski definition) is 1. The highest BCUT2D eigenvalue weighted by molar-refractivity contribution is 7.15. The largest absolute Gasteiger partial charge is 0.573 e. The molecule has 1 aliphatic carbocycles. The quantitative estimate of drug-likeness (QED) is 0.214. The minimum atomic E-state index is -4.81. The summed E-state index contributed by atoms with van der Waals surface area (Å²) in [5, 5.41) is 20.7. The van der Waals surface area contributed by atoms with Crippen LogP contribution in [0.2, 0.25) is 0 Å². The van der Waals surface area contributed by atoms with Crippen molar-refractivity contribution in [3.63, 3.8) is 0 Å². The number of ether oxygens (including phenoxy) is 1. The van der Waals surface area contributed by atoms with Crippen LogP contribution in [0, 0.1) is 5.92 Å². The molecule has 0 spiro atoms. The number of nitrogens with one attached hydrogen (secondary N) is 1. The van der Waals surface area contributed by atoms with E-state index in [-0.39, 0.29) is 24.1 Å². The summed E-state index contributed by atoms with van der Waals surface area (Å²) in [6.07, 6.45) is 1.45. The Morgan fingerprint density at radius 2 is 1.81 bits per heavy atom. The van der Waals surface area contributed by atoms with Crippen LogP contribution in [0.15, 0.2) is 60.8 Å². The Kier molecular flexibility index (Phi) is 9.00. The lowest BCUT2D eigenvalue weighted by atomic mass is 10.1. The van der Waals surface area contributed by atoms with Crippen LogP contribution < -0.4 is 15.0 Å². The Labute approximate surface area is 243 Å². The first-order chi connectivity index (χ1) is 20.2. The van der Waals surface area contributed by atoms with Crippen LogP contribution in [-0.2, 0) is 28.9 Å². The maximum absolute atomic E-state index is 12.9. The summed E-state index contributed by atoms with van der Waals surface area (Å²) >= 11 is 1.38. The molecule has 10 nitrogen and oxygen atoms in total. The van der Waals surface area contributed by atoms with E-state index < -0.39 is 18.0 Å². The number of pyridine rings is 1. The lowest BCUT2D eigenvalue weighted by Crippen LogP contribution is -2.28. The lowest BCUT2D eigenvalue weighted by molar-refractivity contribution is -0.274. The molecule has 0 bridgehead atoms. The Bertz CT molecular complexity index is 1510. The normalized spacial score (nSPS) is 13.0. The van der Waals surface area contributed by atoms with Crippen molar-refractivity contribution < 1.29 is 27.5 Å². The van der Waals surface area contributed by atoms with Crippen molar-refractivity contribution in [3.05, 3.63) is 77.1 Å². The van der Waals surface area contributed by atoms with E-state index in [9.17, 15) is 22.8 Å². The van der Waals surface area contributed by atoms with Crippen molar-refractivity contribution in [2.75, 3.05) is 10.2 Å². The molecule has 2 amide bonds. The number of unbranched alkanes of at least 4 members (excludes halogenated alkanes) is 1. The molecule has 1 aromatic carbocycles. The molecule has 5 rings (SSSR count). The van der Waals surface area contributed by atoms with Gasteiger partial charge in [0.25, 0.3) is 0 Å². The van der Waals surface area contributed by atoms with E-state index in [0.29, 0.717) is 29.4 Å². The number of aryl methyl sites for hydroxylation is 2. The van der Waals surface area contributed by atoms with Crippen molar-refractivity contribution >= 4 is 39.9 Å². The second kappa shape index (κ2) is 13.0. The van der Waals surface area contributed by atoms with Gasteiger partial charge in [-0.2, -0.15) is 5.10 Å². The van der Waals surface area contributed by atoms with Crippen LogP contribution in [-0.4, -0.2) is 43.6 Å². The monoisotopic (exact) mass is 597 g/mol. The predicted octanol–water partition coefficient (Wildman–Crippen LogP) is 5.44. The van der Waals surface area contributed by atoms with Crippen LogP contribution in [0.3, 0.4) is 0 Å². The molecule has 0 radical (unpaired) electrons. The number of hydrogen-bond acceptors (Lipinski definition) is 9. The van der Waals surface area contributed by atoms with Gasteiger partial charge in [0.2, 0.25) is 16.9 Å². The molecule has 1 fully saturated rings. The number of halogens is 3. The number of benzene rings is 1. The van der Waals surface area contributed by atoms with E-state index in [1.54, 1.807) is 35.4 Å². The van der Waals surface area contributed by atoms with Gasteiger partial charge in [0.05, 0.1) is 12.1 Å². The van der Waals surface area contributed by atoms with Gasteiger partial charge in [-0.15, -0.1) is 28.5 Å². The van der Waals surface area contributed by atoms with Crippen molar-refractivity contribution in [3.8, 4) is 5.75 Å². The van der Waals surface area contributed by atoms with E-state index in [1.165, 1.54) is 29.5 Å². The number of aromatic nitrogens is 5. The molecule has 42 heavy (non-hydrogen) atoms. The van der Waals surface area contributed by atoms with Gasteiger partial charge in [0.1, 0.15) is 16.6 Å². The van der Waals surface area contributed by atoms with Crippen molar-refractivity contribution in [2.45, 2.75) is 51.3 Å². The molecule has 3 aromatic heterocycles. The van der Waals surface area contributed by atoms with Crippen molar-refractivity contribution in [1.82, 2.24) is 25.4 Å². The molecule has 1 saturated carbocycles. The average molecular weight is 598 g/mol. The number of carbonyl (C=O) groups is 2. The molecule has 1 aliphatic rings. The number of carbonyl (C=O) groups excluding carboxylic acids is 2. The van der Waals surface area contributed by atoms with Gasteiger partial charge in [-0.1, -0.05) is 29.5 Å². The van der Waals surface area contributed by atoms with Gasteiger partial charge in [-0.05, 0) is 74.1 Å². The van der Waals surface area contributed by atoms with Gasteiger partial charge >= 0.3 is 6.36 Å². The third-order valence-corrected chi connectivity index (χ3v) is 7.20. The Morgan fingerprint density at radius 3 is 2.52 bits per heavy atom. The van der Waals surface area contributed by atoms with Gasteiger partial charge in [0.15, 0.2) is 5.82 Å². The molecule has 1 N–H and O–H groups in total. The van der Waals surface area contributed by atoms with Gasteiger partial charge in [-0.25, -0.2) is 9.88 Å². The molecule has 14 heteroatoms. The van der Waals surface area contributed by atoms with E-state index in [0.717, 1.165) is 42.5 Å². The van der Waals surface area contributed by atoms with Crippen LogP contribution in [0.5, 0.6) is 5.75 Å². The minimum absolute atomic E-state index is 0.000604. The maximum atomic E-state index is 12.9. The summed E-state index contributed by atoms with van der Waals surface area (Å²) < 4.78 is 41.2. The highest BCUT2D eigenvalue weighted by Crippen LogP contribution is 2.37. The Balaban J connectivity index is 1.07. The fraction of sp³-hybridized carbons (Fsp3) is 0.321. The molecule has 4 aromatic rings. The van der Waals surface area contributed by atoms with Crippen LogP contribution in [0.25, 0.3) is 0 Å². The summed E-state index contributed by atoms with van der Waals surface area (Å²) in [5.74, 6) is -0.0406. The fourth-order valence-corrected chi connectivity index (χ4v) is 5.00. The van der Waals surface area contributed by atoms with Gasteiger partial charge in [0, 0.05) is 18.5 Å². The number of amides is 2. The molecule has 0 saturated heterocycles. The predicted molar refractivity (Wildman–Crippen MR) is 148 cm³/mol. The minimum Gasteiger partial charge on any atom is -0.406 e. The van der Waals surface area contributed by atoms with E-state index >= 15 is 0 Å². The van der Waals surface area contributed by atoms with E-state index in [1.807, 2.05) is 6.07 Å². The lowest BCUT2D eigenvalue weighted by Gasteiger charge is -2.17. The van der Waals surface area contributed by atoms with Crippen LogP contribution in [0.4, 0.5) is 29.9 Å². The topological polar surface area (TPSA) is 123 Å². The van der Waals surface area contributed by atoms with E-state index in [4.69, 9.17) is 0 Å². The third kappa shape index (κ3) is 8.28. The Morgan fingerprint density at radius 1 is 0.976 bits per heavy atom. The van der Waals surface area contributed by atoms with Crippen molar-refractivity contribution in [2.24, 2.45) is 5.92 Å². The summed E-state index contributed by atoms with van der Waals surface area (Å²) in [6, 6.07) is 14.1. The zero-order valence-corrected chi connectivity index (χ0v) is 23.1. The molecular formula is C28H26F3N7O3S. The molecule has 0 unspecified atom stereocenters. The number of alkyl halides is 3. The van der Waals surface area contributed by atoms with Gasteiger partial charge < -0.3 is 10.1 Å². The van der Waals surface area contributed by atoms with Crippen LogP contribution >= 0.6 is 11.3 Å². The second-order valence-electron chi connectivity index (χ2n) is 9.65. The maximum Gasteiger partial charge on any atom is 0.573 e. The second-order valence-corrected chi connectivity index (χ2v) is 10.7. The van der Waals surface area contributed by atoms with E-state index in [2.05, 4.69) is 35.4 Å². The van der Waals surface area contributed by atoms with Crippen LogP contribution in [0.1, 0.15) is 41.9 Å². The summed E-state index contributed by atoms with van der Waals surface area (Å²) in [4.78, 5) is 31.1. The molecule has 218 valence electrons. The summed E-state index contributed by atoms with van der Waals surface area (Å²) in [5.41, 5.74) is 1.11. The highest BCUT2D eigenvalue weighted by Gasteiger charge is 2.36. The van der Waals surface area contributed by atoms with Gasteiger partial charge in [-0.3, -0.25) is 9.59 Å². The molecule has 0 atom stereocenters. The number of rotatable bonds is 12. The number of anilines is 3. The first-order valence-corrected chi connectivity index (χ1v) is 14.1. The fourth-order valence-electron chi connectivity index (χ4n) is 4.11. The van der Waals surface area contributed by atoms with Crippen molar-refractivity contribution in [1.29, 1.82) is 0 Å². The number of nitrogens with zero attached hydrogens (tertiary/aromatic N) is 6. The molecular weight excluding hydrogens is 571 g/mol. The zero-order valence-electron chi connectivity index (χ0n) is 22.3. The molecule has 3 heterocycles.